The number of benzene rings is 2. The van der Waals surface area contributed by atoms with Gasteiger partial charge in [0.1, 0.15) is 5.82 Å². The van der Waals surface area contributed by atoms with Crippen molar-refractivity contribution in [3.63, 3.8) is 0 Å². The number of hydrogen-bond acceptors (Lipinski definition) is 4. The number of aromatic nitrogens is 3. The topological polar surface area (TPSA) is 71.2 Å². The Morgan fingerprint density at radius 1 is 1.21 bits per heavy atom. The fraction of sp³-hybridized carbons (Fsp3) is 0.250. The summed E-state index contributed by atoms with van der Waals surface area (Å²) in [6, 6.07) is 12.6. The summed E-state index contributed by atoms with van der Waals surface area (Å²) < 4.78 is 14.7. The van der Waals surface area contributed by atoms with Crippen LogP contribution in [0.3, 0.4) is 0 Å². The van der Waals surface area contributed by atoms with Gasteiger partial charge in [-0.2, -0.15) is 0 Å². The van der Waals surface area contributed by atoms with E-state index in [1.165, 1.54) is 17.7 Å². The van der Waals surface area contributed by atoms with Crippen LogP contribution in [0.25, 0.3) is 5.69 Å². The van der Waals surface area contributed by atoms with E-state index in [4.69, 9.17) is 0 Å². The molecular weight excluding hydrogens is 383 g/mol. The van der Waals surface area contributed by atoms with Crippen LogP contribution in [0.4, 0.5) is 4.39 Å². The van der Waals surface area contributed by atoms with E-state index in [0.29, 0.717) is 5.69 Å². The average molecular weight is 403 g/mol. The molecule has 0 saturated carbocycles. The predicted octanol–water partition coefficient (Wildman–Crippen LogP) is 3.39. The van der Waals surface area contributed by atoms with Crippen molar-refractivity contribution >= 4 is 18.4 Å². The number of carboxylic acids is 1. The Balaban J connectivity index is 0.00000225. The third-order valence-corrected chi connectivity index (χ3v) is 4.97. The van der Waals surface area contributed by atoms with Crippen LogP contribution in [-0.4, -0.2) is 37.5 Å². The average Bonchev–Trinajstić information content (AvgIpc) is 3.04. The Morgan fingerprint density at radius 2 is 1.96 bits per heavy atom. The van der Waals surface area contributed by atoms with Crippen LogP contribution in [0.2, 0.25) is 0 Å². The van der Waals surface area contributed by atoms with Crippen molar-refractivity contribution in [2.24, 2.45) is 0 Å². The molecule has 1 N–H and O–H groups in total. The third kappa shape index (κ3) is 3.76. The highest BCUT2D eigenvalue weighted by Crippen LogP contribution is 2.27. The monoisotopic (exact) mass is 402 g/mol. The highest BCUT2D eigenvalue weighted by atomic mass is 35.5. The lowest BCUT2D eigenvalue weighted by Gasteiger charge is -2.30. The molecule has 0 aliphatic carbocycles. The highest BCUT2D eigenvalue weighted by Gasteiger charge is 2.22. The van der Waals surface area contributed by atoms with Crippen molar-refractivity contribution in [3.05, 3.63) is 76.4 Å². The summed E-state index contributed by atoms with van der Waals surface area (Å²) in [5.74, 6) is -1.30. The molecule has 0 saturated heterocycles. The molecule has 3 aromatic rings. The molecule has 0 bridgehead atoms. The number of hydrogen-bond donors (Lipinski definition) is 1. The number of nitrogens with zero attached hydrogens (tertiary/aromatic N) is 4. The molecule has 0 amide bonds. The zero-order valence-corrected chi connectivity index (χ0v) is 16.1. The number of carbonyl (C=O) groups is 1. The lowest BCUT2D eigenvalue weighted by molar-refractivity contribution is 0.0689. The van der Waals surface area contributed by atoms with Gasteiger partial charge in [0.2, 0.25) is 0 Å². The molecule has 2 aromatic carbocycles. The highest BCUT2D eigenvalue weighted by molar-refractivity contribution is 5.86. The summed E-state index contributed by atoms with van der Waals surface area (Å²) in [5, 5.41) is 17.0. The first-order chi connectivity index (χ1) is 13.0. The molecule has 0 fully saturated rings. The fourth-order valence-electron chi connectivity index (χ4n) is 3.58. The van der Waals surface area contributed by atoms with Crippen molar-refractivity contribution in [2.45, 2.75) is 26.4 Å². The zero-order chi connectivity index (χ0) is 19.0. The Kier molecular flexibility index (Phi) is 5.76. The van der Waals surface area contributed by atoms with E-state index >= 15 is 0 Å². The SMILES string of the molecule is Cc1c(C(=O)O)nnn1-c1cccc2c1CCN(Cc1ccc(F)cc1)C2.Cl. The first-order valence-electron chi connectivity index (χ1n) is 8.76. The first kappa shape index (κ1) is 20.0. The van der Waals surface area contributed by atoms with Crippen LogP contribution < -0.4 is 0 Å². The summed E-state index contributed by atoms with van der Waals surface area (Å²) in [6.07, 6.45) is 0.828. The van der Waals surface area contributed by atoms with E-state index in [2.05, 4.69) is 21.3 Å². The predicted molar refractivity (Wildman–Crippen MR) is 105 cm³/mol. The molecule has 2 heterocycles. The second-order valence-electron chi connectivity index (χ2n) is 6.74. The minimum absolute atomic E-state index is 0. The largest absolute Gasteiger partial charge is 0.476 e. The van der Waals surface area contributed by atoms with Gasteiger partial charge in [0.15, 0.2) is 5.69 Å². The van der Waals surface area contributed by atoms with E-state index < -0.39 is 5.97 Å². The number of fused-ring (bicyclic) bond motifs is 1. The Hall–Kier alpha value is -2.77. The minimum Gasteiger partial charge on any atom is -0.476 e. The van der Waals surface area contributed by atoms with E-state index in [9.17, 15) is 14.3 Å². The minimum atomic E-state index is -1.07. The molecule has 0 radical (unpaired) electrons. The molecule has 1 aliphatic heterocycles. The maximum atomic E-state index is 13.1. The third-order valence-electron chi connectivity index (χ3n) is 4.97. The summed E-state index contributed by atoms with van der Waals surface area (Å²) in [7, 11) is 0. The quantitative estimate of drug-likeness (QED) is 0.724. The van der Waals surface area contributed by atoms with Crippen LogP contribution in [-0.2, 0) is 19.5 Å². The summed E-state index contributed by atoms with van der Waals surface area (Å²) in [6.45, 7) is 4.11. The van der Waals surface area contributed by atoms with Crippen LogP contribution in [0.15, 0.2) is 42.5 Å². The van der Waals surface area contributed by atoms with Crippen LogP contribution in [0.5, 0.6) is 0 Å². The Morgan fingerprint density at radius 3 is 2.64 bits per heavy atom. The second kappa shape index (κ2) is 8.08. The molecule has 6 nitrogen and oxygen atoms in total. The number of aromatic carboxylic acids is 1. The van der Waals surface area contributed by atoms with Gasteiger partial charge in [-0.3, -0.25) is 4.90 Å². The molecular formula is C20H20ClFN4O2. The maximum absolute atomic E-state index is 13.1. The molecule has 1 aromatic heterocycles. The lowest BCUT2D eigenvalue weighted by atomic mass is 9.97. The smallest absolute Gasteiger partial charge is 0.358 e. The first-order valence-corrected chi connectivity index (χ1v) is 8.76. The molecule has 4 rings (SSSR count). The Labute approximate surface area is 168 Å². The van der Waals surface area contributed by atoms with E-state index in [1.807, 2.05) is 24.3 Å². The zero-order valence-electron chi connectivity index (χ0n) is 15.3. The van der Waals surface area contributed by atoms with Crippen LogP contribution in [0.1, 0.15) is 32.9 Å². The van der Waals surface area contributed by atoms with E-state index in [0.717, 1.165) is 42.9 Å². The summed E-state index contributed by atoms with van der Waals surface area (Å²) in [5.41, 5.74) is 4.80. The molecule has 0 spiro atoms. The van der Waals surface area contributed by atoms with E-state index in [1.54, 1.807) is 11.6 Å². The molecule has 0 atom stereocenters. The standard InChI is InChI=1S/C20H19FN4O2.ClH/c1-13-19(20(26)27)22-23-25(13)18-4-2-3-15-12-24(10-9-17(15)18)11-14-5-7-16(21)8-6-14;/h2-8H,9-12H2,1H3,(H,26,27);1H. The van der Waals surface area contributed by atoms with Gasteiger partial charge in [-0.1, -0.05) is 29.5 Å². The van der Waals surface area contributed by atoms with Gasteiger partial charge in [0.25, 0.3) is 0 Å². The van der Waals surface area contributed by atoms with Crippen molar-refractivity contribution in [3.8, 4) is 5.69 Å². The molecule has 1 aliphatic rings. The van der Waals surface area contributed by atoms with Gasteiger partial charge in [-0.25, -0.2) is 13.9 Å². The molecule has 28 heavy (non-hydrogen) atoms. The van der Waals surface area contributed by atoms with Crippen molar-refractivity contribution in [1.29, 1.82) is 0 Å². The molecule has 146 valence electrons. The van der Waals surface area contributed by atoms with Gasteiger partial charge < -0.3 is 5.11 Å². The van der Waals surface area contributed by atoms with Gasteiger partial charge in [0, 0.05) is 19.6 Å². The van der Waals surface area contributed by atoms with Gasteiger partial charge in [0.05, 0.1) is 11.4 Å². The van der Waals surface area contributed by atoms with Gasteiger partial charge in [-0.05, 0) is 48.2 Å². The van der Waals surface area contributed by atoms with E-state index in [-0.39, 0.29) is 23.9 Å². The summed E-state index contributed by atoms with van der Waals surface area (Å²) >= 11 is 0. The molecule has 8 heteroatoms. The number of carboxylic acid groups (broad SMARTS) is 1. The maximum Gasteiger partial charge on any atom is 0.358 e. The fourth-order valence-corrected chi connectivity index (χ4v) is 3.58. The lowest BCUT2D eigenvalue weighted by Crippen LogP contribution is -2.30. The number of halogens is 2. The van der Waals surface area contributed by atoms with Crippen LogP contribution >= 0.6 is 12.4 Å². The van der Waals surface area contributed by atoms with Crippen molar-refractivity contribution in [2.75, 3.05) is 6.54 Å². The van der Waals surface area contributed by atoms with Gasteiger partial charge >= 0.3 is 5.97 Å². The van der Waals surface area contributed by atoms with Gasteiger partial charge in [-0.15, -0.1) is 17.5 Å². The normalized spacial score (nSPS) is 13.6. The van der Waals surface area contributed by atoms with Crippen molar-refractivity contribution < 1.29 is 14.3 Å². The van der Waals surface area contributed by atoms with Crippen molar-refractivity contribution in [1.82, 2.24) is 19.9 Å². The second-order valence-corrected chi connectivity index (χ2v) is 6.74. The number of rotatable bonds is 4. The molecule has 0 unspecified atom stereocenters. The Bertz CT molecular complexity index is 1000. The van der Waals surface area contributed by atoms with Crippen LogP contribution in [0, 0.1) is 12.7 Å². The summed E-state index contributed by atoms with van der Waals surface area (Å²) in [4.78, 5) is 13.6.